The molecule has 2 N–H and O–H groups in total. The number of rotatable bonds is 6. The fraction of sp³-hybridized carbons (Fsp3) is 0.391. The van der Waals surface area contributed by atoms with Gasteiger partial charge < -0.3 is 19.9 Å². The molecule has 1 heterocycles. The Labute approximate surface area is 194 Å². The van der Waals surface area contributed by atoms with E-state index in [0.717, 1.165) is 43.3 Å². The molecular formula is C23H29ClN4O2S. The third-order valence-electron chi connectivity index (χ3n) is 4.98. The van der Waals surface area contributed by atoms with Crippen molar-refractivity contribution in [2.45, 2.75) is 13.8 Å². The van der Waals surface area contributed by atoms with E-state index in [-0.39, 0.29) is 11.0 Å². The summed E-state index contributed by atoms with van der Waals surface area (Å²) in [6, 6.07) is 12.7. The Balaban J connectivity index is 1.54. The minimum Gasteiger partial charge on any atom is -0.493 e. The van der Waals surface area contributed by atoms with Gasteiger partial charge in [-0.15, -0.1) is 0 Å². The quantitative estimate of drug-likeness (QED) is 0.628. The summed E-state index contributed by atoms with van der Waals surface area (Å²) in [6.45, 7) is 8.72. The third kappa shape index (κ3) is 6.82. The number of hydrogen-bond donors (Lipinski definition) is 2. The average Bonchev–Trinajstić information content (AvgIpc) is 2.73. The topological polar surface area (TPSA) is 56.8 Å². The molecule has 1 saturated heterocycles. The van der Waals surface area contributed by atoms with Crippen LogP contribution in [0.3, 0.4) is 0 Å². The van der Waals surface area contributed by atoms with Crippen molar-refractivity contribution >= 4 is 46.2 Å². The minimum atomic E-state index is -0.284. The van der Waals surface area contributed by atoms with E-state index in [1.807, 2.05) is 18.2 Å². The minimum absolute atomic E-state index is 0.216. The number of ether oxygens (including phenoxy) is 1. The lowest BCUT2D eigenvalue weighted by molar-refractivity contribution is 0.0977. The highest BCUT2D eigenvalue weighted by Gasteiger charge is 2.17. The lowest BCUT2D eigenvalue weighted by Gasteiger charge is -2.34. The predicted molar refractivity (Wildman–Crippen MR) is 132 cm³/mol. The molecule has 3 rings (SSSR count). The number of benzene rings is 2. The first kappa shape index (κ1) is 23.3. The summed E-state index contributed by atoms with van der Waals surface area (Å²) in [5.74, 6) is 0.893. The van der Waals surface area contributed by atoms with Gasteiger partial charge in [0, 0.05) is 37.4 Å². The van der Waals surface area contributed by atoms with E-state index in [9.17, 15) is 4.79 Å². The largest absolute Gasteiger partial charge is 0.493 e. The Bertz CT molecular complexity index is 912. The molecule has 0 aliphatic carbocycles. The van der Waals surface area contributed by atoms with Gasteiger partial charge in [-0.2, -0.15) is 0 Å². The summed E-state index contributed by atoms with van der Waals surface area (Å²) in [4.78, 5) is 17.0. The number of amides is 1. The number of thiocarbonyl (C=S) groups is 1. The van der Waals surface area contributed by atoms with Crippen molar-refractivity contribution in [1.29, 1.82) is 0 Å². The fourth-order valence-electron chi connectivity index (χ4n) is 3.19. The van der Waals surface area contributed by atoms with Gasteiger partial charge in [-0.1, -0.05) is 25.4 Å². The van der Waals surface area contributed by atoms with Gasteiger partial charge in [-0.05, 0) is 67.6 Å². The second kappa shape index (κ2) is 10.8. The van der Waals surface area contributed by atoms with Crippen LogP contribution in [0.4, 0.5) is 11.4 Å². The number of carbonyl (C=O) groups excluding carboxylic acids is 1. The molecule has 0 bridgehead atoms. The molecule has 0 spiro atoms. The Kier molecular flexibility index (Phi) is 8.12. The second-order valence-electron chi connectivity index (χ2n) is 8.09. The number of piperazine rings is 1. The highest BCUT2D eigenvalue weighted by molar-refractivity contribution is 7.80. The molecule has 31 heavy (non-hydrogen) atoms. The molecule has 0 radical (unpaired) electrons. The number of carbonyl (C=O) groups is 1. The van der Waals surface area contributed by atoms with Crippen LogP contribution in [-0.4, -0.2) is 55.8 Å². The maximum atomic E-state index is 12.5. The molecule has 6 nitrogen and oxygen atoms in total. The van der Waals surface area contributed by atoms with Crippen molar-refractivity contribution in [1.82, 2.24) is 10.2 Å². The fourth-order valence-corrected chi connectivity index (χ4v) is 3.70. The number of likely N-dealkylation sites (N-methyl/N-ethyl adjacent to an activating group) is 1. The highest BCUT2D eigenvalue weighted by atomic mass is 35.5. The van der Waals surface area contributed by atoms with Crippen LogP contribution in [0, 0.1) is 5.92 Å². The smallest absolute Gasteiger partial charge is 0.257 e. The van der Waals surface area contributed by atoms with Gasteiger partial charge in [-0.25, -0.2) is 0 Å². The van der Waals surface area contributed by atoms with Gasteiger partial charge in [0.05, 0.1) is 17.3 Å². The molecule has 1 fully saturated rings. The molecule has 0 saturated carbocycles. The van der Waals surface area contributed by atoms with Gasteiger partial charge in [-0.3, -0.25) is 10.1 Å². The summed E-state index contributed by atoms with van der Waals surface area (Å²) < 4.78 is 5.64. The molecule has 1 aliphatic heterocycles. The number of nitrogens with zero attached hydrogens (tertiary/aromatic N) is 2. The molecule has 1 amide bonds. The Morgan fingerprint density at radius 1 is 1.13 bits per heavy atom. The van der Waals surface area contributed by atoms with E-state index in [4.69, 9.17) is 28.6 Å². The summed E-state index contributed by atoms with van der Waals surface area (Å²) in [5, 5.41) is 6.60. The van der Waals surface area contributed by atoms with E-state index in [1.54, 1.807) is 24.3 Å². The molecule has 0 atom stereocenters. The molecular weight excluding hydrogens is 432 g/mol. The molecule has 8 heteroatoms. The van der Waals surface area contributed by atoms with Crippen molar-refractivity contribution in [3.8, 4) is 5.75 Å². The molecule has 0 aromatic heterocycles. The summed E-state index contributed by atoms with van der Waals surface area (Å²) in [7, 11) is 2.12. The van der Waals surface area contributed by atoms with Crippen LogP contribution < -0.4 is 20.3 Å². The van der Waals surface area contributed by atoms with Crippen molar-refractivity contribution in [2.75, 3.05) is 50.1 Å². The lowest BCUT2D eigenvalue weighted by atomic mass is 10.2. The van der Waals surface area contributed by atoms with Gasteiger partial charge in [0.25, 0.3) is 5.91 Å². The van der Waals surface area contributed by atoms with Crippen LogP contribution in [0.5, 0.6) is 5.75 Å². The van der Waals surface area contributed by atoms with Crippen LogP contribution in [0.25, 0.3) is 0 Å². The van der Waals surface area contributed by atoms with Gasteiger partial charge in [0.1, 0.15) is 5.75 Å². The zero-order valence-corrected chi connectivity index (χ0v) is 19.7. The Morgan fingerprint density at radius 2 is 1.81 bits per heavy atom. The van der Waals surface area contributed by atoms with Gasteiger partial charge >= 0.3 is 0 Å². The third-order valence-corrected chi connectivity index (χ3v) is 5.48. The first-order chi connectivity index (χ1) is 14.8. The van der Waals surface area contributed by atoms with Gasteiger partial charge in [0.15, 0.2) is 5.11 Å². The van der Waals surface area contributed by atoms with Crippen LogP contribution in [-0.2, 0) is 0 Å². The first-order valence-electron chi connectivity index (χ1n) is 10.4. The van der Waals surface area contributed by atoms with E-state index in [0.29, 0.717) is 23.1 Å². The zero-order chi connectivity index (χ0) is 22.4. The van der Waals surface area contributed by atoms with E-state index in [1.165, 1.54) is 0 Å². The molecule has 2 aromatic rings. The van der Waals surface area contributed by atoms with Crippen molar-refractivity contribution in [3.05, 3.63) is 53.1 Å². The molecule has 0 unspecified atom stereocenters. The number of anilines is 2. The zero-order valence-electron chi connectivity index (χ0n) is 18.2. The van der Waals surface area contributed by atoms with Crippen LogP contribution in [0.15, 0.2) is 42.5 Å². The summed E-state index contributed by atoms with van der Waals surface area (Å²) in [5.41, 5.74) is 2.24. The SMILES string of the molecule is CC(C)COc1ccc(C(=O)NC(=S)Nc2ccc(N3CCN(C)CC3)c(Cl)c2)cc1. The summed E-state index contributed by atoms with van der Waals surface area (Å²) in [6.07, 6.45) is 0. The Hall–Kier alpha value is -2.35. The number of nitrogens with one attached hydrogen (secondary N) is 2. The number of halogens is 1. The monoisotopic (exact) mass is 460 g/mol. The standard InChI is InChI=1S/C23H29ClN4O2S/c1-16(2)15-30-19-7-4-17(5-8-19)22(29)26-23(31)25-18-6-9-21(20(24)14-18)28-12-10-27(3)11-13-28/h4-9,14,16H,10-13,15H2,1-3H3,(H2,25,26,29,31). The normalized spacial score (nSPS) is 14.4. The van der Waals surface area contributed by atoms with Crippen LogP contribution in [0.1, 0.15) is 24.2 Å². The van der Waals surface area contributed by atoms with Crippen LogP contribution >= 0.6 is 23.8 Å². The van der Waals surface area contributed by atoms with E-state index >= 15 is 0 Å². The highest BCUT2D eigenvalue weighted by Crippen LogP contribution is 2.29. The summed E-state index contributed by atoms with van der Waals surface area (Å²) >= 11 is 11.8. The van der Waals surface area contributed by atoms with E-state index < -0.39 is 0 Å². The first-order valence-corrected chi connectivity index (χ1v) is 11.2. The lowest BCUT2D eigenvalue weighted by Crippen LogP contribution is -2.44. The van der Waals surface area contributed by atoms with E-state index in [2.05, 4.69) is 41.3 Å². The van der Waals surface area contributed by atoms with Crippen LogP contribution in [0.2, 0.25) is 5.02 Å². The Morgan fingerprint density at radius 3 is 2.42 bits per heavy atom. The van der Waals surface area contributed by atoms with Crippen molar-refractivity contribution in [2.24, 2.45) is 5.92 Å². The second-order valence-corrected chi connectivity index (χ2v) is 8.91. The predicted octanol–water partition coefficient (Wildman–Crippen LogP) is 4.25. The maximum absolute atomic E-state index is 12.5. The molecule has 166 valence electrons. The van der Waals surface area contributed by atoms with Crippen molar-refractivity contribution in [3.63, 3.8) is 0 Å². The number of hydrogen-bond acceptors (Lipinski definition) is 5. The van der Waals surface area contributed by atoms with Crippen molar-refractivity contribution < 1.29 is 9.53 Å². The molecule has 2 aromatic carbocycles. The average molecular weight is 461 g/mol. The van der Waals surface area contributed by atoms with Gasteiger partial charge in [0.2, 0.25) is 0 Å². The maximum Gasteiger partial charge on any atom is 0.257 e. The molecule has 1 aliphatic rings.